The molecule has 0 aliphatic carbocycles. The van der Waals surface area contributed by atoms with Crippen LogP contribution in [0.2, 0.25) is 0 Å². The summed E-state index contributed by atoms with van der Waals surface area (Å²) in [5, 5.41) is 0. The van der Waals surface area contributed by atoms with Crippen molar-refractivity contribution in [3.63, 3.8) is 0 Å². The van der Waals surface area contributed by atoms with Gasteiger partial charge in [-0.05, 0) is 24.1 Å². The summed E-state index contributed by atoms with van der Waals surface area (Å²) in [4.78, 5) is 12.8. The third-order valence-corrected chi connectivity index (χ3v) is 5.51. The second-order valence-corrected chi connectivity index (χ2v) is 7.01. The van der Waals surface area contributed by atoms with Crippen molar-refractivity contribution in [1.82, 2.24) is 0 Å². The lowest BCUT2D eigenvalue weighted by Gasteiger charge is -2.15. The van der Waals surface area contributed by atoms with Crippen LogP contribution in [0.1, 0.15) is 5.56 Å². The van der Waals surface area contributed by atoms with Crippen molar-refractivity contribution in [3.05, 3.63) is 66.2 Å². The maximum atomic E-state index is 12.4. The highest BCUT2D eigenvalue weighted by atomic mass is 32.2. The van der Waals surface area contributed by atoms with Crippen LogP contribution in [0.25, 0.3) is 0 Å². The van der Waals surface area contributed by atoms with Crippen LogP contribution < -0.4 is 0 Å². The number of esters is 1. The highest BCUT2D eigenvalue weighted by Crippen LogP contribution is 2.28. The van der Waals surface area contributed by atoms with Crippen molar-refractivity contribution in [3.8, 4) is 0 Å². The molecule has 1 saturated heterocycles. The summed E-state index contributed by atoms with van der Waals surface area (Å²) in [7, 11) is -1.10. The fourth-order valence-corrected chi connectivity index (χ4v) is 4.12. The molecule has 3 rings (SSSR count). The number of hydrogen-bond donors (Lipinski definition) is 0. The molecule has 22 heavy (non-hydrogen) atoms. The molecule has 0 aromatic heterocycles. The quantitative estimate of drug-likeness (QED) is 0.797. The number of carbonyl (C=O) groups excluding carboxylic acids is 1. The maximum absolute atomic E-state index is 12.4. The van der Waals surface area contributed by atoms with E-state index in [1.165, 1.54) is 0 Å². The van der Waals surface area contributed by atoms with Crippen LogP contribution in [0.15, 0.2) is 65.6 Å². The van der Waals surface area contributed by atoms with E-state index in [1.54, 1.807) is 0 Å². The monoisotopic (exact) mass is 314 g/mol. The number of carbonyl (C=O) groups is 1. The minimum atomic E-state index is -1.10. The van der Waals surface area contributed by atoms with Crippen LogP contribution >= 0.6 is 0 Å². The lowest BCUT2D eigenvalue weighted by molar-refractivity contribution is -0.141. The normalized spacial score (nSPS) is 22.3. The Hall–Kier alpha value is -1.94. The van der Waals surface area contributed by atoms with E-state index in [0.717, 1.165) is 10.5 Å². The first-order chi connectivity index (χ1) is 10.7. The van der Waals surface area contributed by atoms with Crippen LogP contribution in [-0.2, 0) is 26.8 Å². The molecular weight excluding hydrogens is 296 g/mol. The van der Waals surface area contributed by atoms with Gasteiger partial charge >= 0.3 is 5.97 Å². The minimum absolute atomic E-state index is 0.00810. The van der Waals surface area contributed by atoms with Crippen molar-refractivity contribution >= 4 is 16.8 Å². The van der Waals surface area contributed by atoms with E-state index in [0.29, 0.717) is 18.8 Å². The number of rotatable bonds is 5. The fourth-order valence-electron chi connectivity index (χ4n) is 2.75. The molecule has 1 fully saturated rings. The van der Waals surface area contributed by atoms with E-state index >= 15 is 0 Å². The smallest absolute Gasteiger partial charge is 0.309 e. The number of hydrogen-bond acceptors (Lipinski definition) is 3. The second-order valence-electron chi connectivity index (χ2n) is 5.51. The summed E-state index contributed by atoms with van der Waals surface area (Å²) in [5.74, 6) is 0.107. The van der Waals surface area contributed by atoms with Gasteiger partial charge in [-0.1, -0.05) is 48.5 Å². The molecule has 0 N–H and O–H groups in total. The molecule has 0 radical (unpaired) electrons. The third kappa shape index (κ3) is 3.45. The number of benzene rings is 2. The standard InChI is InChI=1S/C18H18O3S/c19-18-17(11-14-7-3-1-4-8-14)15(12-21-18)13-22(20)16-9-5-2-6-10-16/h1-10,15,17H,11-13H2/t15-,17-,22?/m0/s1. The van der Waals surface area contributed by atoms with Crippen LogP contribution in [0.3, 0.4) is 0 Å². The maximum Gasteiger partial charge on any atom is 0.309 e. The van der Waals surface area contributed by atoms with Gasteiger partial charge in [0.1, 0.15) is 0 Å². The average Bonchev–Trinajstić information content (AvgIpc) is 2.90. The number of cyclic esters (lactones) is 1. The van der Waals surface area contributed by atoms with Gasteiger partial charge in [0.05, 0.1) is 23.3 Å². The lowest BCUT2D eigenvalue weighted by atomic mass is 9.90. The summed E-state index contributed by atoms with van der Waals surface area (Å²) in [6, 6.07) is 19.3. The zero-order chi connectivity index (χ0) is 15.4. The van der Waals surface area contributed by atoms with Gasteiger partial charge in [0.2, 0.25) is 0 Å². The zero-order valence-electron chi connectivity index (χ0n) is 12.2. The van der Waals surface area contributed by atoms with Crippen molar-refractivity contribution < 1.29 is 13.7 Å². The first-order valence-corrected chi connectivity index (χ1v) is 8.70. The lowest BCUT2D eigenvalue weighted by Crippen LogP contribution is -2.23. The van der Waals surface area contributed by atoms with E-state index in [4.69, 9.17) is 4.74 Å². The van der Waals surface area contributed by atoms with Gasteiger partial charge in [0, 0.05) is 16.6 Å². The third-order valence-electron chi connectivity index (χ3n) is 3.98. The highest BCUT2D eigenvalue weighted by Gasteiger charge is 2.37. The molecule has 0 saturated carbocycles. The molecule has 0 bridgehead atoms. The van der Waals surface area contributed by atoms with E-state index in [-0.39, 0.29) is 17.8 Å². The van der Waals surface area contributed by atoms with Crippen LogP contribution in [0, 0.1) is 11.8 Å². The van der Waals surface area contributed by atoms with E-state index < -0.39 is 10.8 Å². The van der Waals surface area contributed by atoms with Crippen molar-refractivity contribution in [2.75, 3.05) is 12.4 Å². The molecule has 2 aromatic carbocycles. The Morgan fingerprint density at radius 2 is 1.64 bits per heavy atom. The highest BCUT2D eigenvalue weighted by molar-refractivity contribution is 7.85. The minimum Gasteiger partial charge on any atom is -0.465 e. The molecule has 3 atom stereocenters. The molecule has 1 aliphatic rings. The van der Waals surface area contributed by atoms with Crippen molar-refractivity contribution in [2.24, 2.45) is 11.8 Å². The van der Waals surface area contributed by atoms with Crippen molar-refractivity contribution in [2.45, 2.75) is 11.3 Å². The van der Waals surface area contributed by atoms with Crippen LogP contribution in [0.5, 0.6) is 0 Å². The van der Waals surface area contributed by atoms with Crippen LogP contribution in [-0.4, -0.2) is 22.5 Å². The summed E-state index contributed by atoms with van der Waals surface area (Å²) in [6.07, 6.45) is 0.649. The predicted molar refractivity (Wildman–Crippen MR) is 85.8 cm³/mol. The van der Waals surface area contributed by atoms with E-state index in [1.807, 2.05) is 60.7 Å². The molecular formula is C18H18O3S. The summed E-state index contributed by atoms with van der Waals surface area (Å²) < 4.78 is 17.7. The first-order valence-electron chi connectivity index (χ1n) is 7.38. The predicted octanol–water partition coefficient (Wildman–Crippen LogP) is 2.83. The van der Waals surface area contributed by atoms with Gasteiger partial charge in [-0.3, -0.25) is 9.00 Å². The van der Waals surface area contributed by atoms with Crippen LogP contribution in [0.4, 0.5) is 0 Å². The SMILES string of the molecule is O=C1OC[C@@H](CS(=O)c2ccccc2)[C@@H]1Cc1ccccc1. The van der Waals surface area contributed by atoms with Crippen molar-refractivity contribution in [1.29, 1.82) is 0 Å². The molecule has 1 heterocycles. The molecule has 3 nitrogen and oxygen atoms in total. The van der Waals surface area contributed by atoms with Gasteiger partial charge < -0.3 is 4.74 Å². The summed E-state index contributed by atoms with van der Waals surface area (Å²) in [5.41, 5.74) is 1.11. The summed E-state index contributed by atoms with van der Waals surface area (Å²) in [6.45, 7) is 0.370. The van der Waals surface area contributed by atoms with Gasteiger partial charge in [0.15, 0.2) is 0 Å². The Bertz CT molecular complexity index is 655. The molecule has 4 heteroatoms. The van der Waals surface area contributed by atoms with Gasteiger partial charge in [0.25, 0.3) is 0 Å². The van der Waals surface area contributed by atoms with Gasteiger partial charge in [-0.15, -0.1) is 0 Å². The first kappa shape index (κ1) is 15.0. The zero-order valence-corrected chi connectivity index (χ0v) is 13.0. The fraction of sp³-hybridized carbons (Fsp3) is 0.278. The average molecular weight is 314 g/mol. The molecule has 1 aliphatic heterocycles. The Morgan fingerprint density at radius 1 is 1.00 bits per heavy atom. The molecule has 0 spiro atoms. The second kappa shape index (κ2) is 6.88. The van der Waals surface area contributed by atoms with Gasteiger partial charge in [-0.2, -0.15) is 0 Å². The molecule has 0 amide bonds. The Labute approximate surface area is 132 Å². The van der Waals surface area contributed by atoms with Gasteiger partial charge in [-0.25, -0.2) is 0 Å². The van der Waals surface area contributed by atoms with E-state index in [2.05, 4.69) is 0 Å². The molecule has 1 unspecified atom stereocenters. The molecule has 114 valence electrons. The topological polar surface area (TPSA) is 43.4 Å². The number of ether oxygens (including phenoxy) is 1. The Kier molecular flexibility index (Phi) is 4.68. The van der Waals surface area contributed by atoms with E-state index in [9.17, 15) is 9.00 Å². The largest absolute Gasteiger partial charge is 0.465 e. The Morgan fingerprint density at radius 3 is 2.32 bits per heavy atom. The Balaban J connectivity index is 1.70. The molecule has 2 aromatic rings. The summed E-state index contributed by atoms with van der Waals surface area (Å²) >= 11 is 0.